The van der Waals surface area contributed by atoms with Gasteiger partial charge in [0.05, 0.1) is 0 Å². The van der Waals surface area contributed by atoms with Crippen molar-refractivity contribution in [2.45, 2.75) is 20.4 Å². The van der Waals surface area contributed by atoms with Crippen LogP contribution in [0.2, 0.25) is 10.0 Å². The van der Waals surface area contributed by atoms with Crippen molar-refractivity contribution in [1.82, 2.24) is 5.32 Å². The molecule has 2 aromatic rings. The summed E-state index contributed by atoms with van der Waals surface area (Å²) in [5.41, 5.74) is 1.08. The van der Waals surface area contributed by atoms with E-state index in [-0.39, 0.29) is 0 Å². The molecule has 0 heterocycles. The van der Waals surface area contributed by atoms with Crippen molar-refractivity contribution >= 4 is 23.2 Å². The molecule has 0 bridgehead atoms. The Morgan fingerprint density at radius 3 is 2.33 bits per heavy atom. The third kappa shape index (κ3) is 5.24. The van der Waals surface area contributed by atoms with E-state index >= 15 is 0 Å². The molecule has 0 radical (unpaired) electrons. The van der Waals surface area contributed by atoms with Crippen LogP contribution >= 0.6 is 23.2 Å². The minimum absolute atomic E-state index is 0.609. The van der Waals surface area contributed by atoms with E-state index in [0.29, 0.717) is 16.0 Å². The second kappa shape index (κ2) is 7.69. The van der Waals surface area contributed by atoms with Crippen LogP contribution in [0.15, 0.2) is 42.5 Å². The molecule has 0 saturated carbocycles. The highest BCUT2D eigenvalue weighted by molar-refractivity contribution is 6.31. The number of halogens is 2. The molecular weight excluding hydrogens is 305 g/mol. The SMILES string of the molecule is CC(C)CNCc1ccc(Cl)cc1Oc1ccc(Cl)cc1. The molecule has 21 heavy (non-hydrogen) atoms. The molecule has 0 fully saturated rings. The molecule has 0 aliphatic heterocycles. The average molecular weight is 324 g/mol. The molecular formula is C17H19Cl2NO. The minimum atomic E-state index is 0.609. The highest BCUT2D eigenvalue weighted by Crippen LogP contribution is 2.29. The standard InChI is InChI=1S/C17H19Cl2NO/c1-12(2)10-20-11-13-3-4-15(19)9-17(13)21-16-7-5-14(18)6-8-16/h3-9,12,20H,10-11H2,1-2H3. The van der Waals surface area contributed by atoms with Crippen LogP contribution in [0.3, 0.4) is 0 Å². The maximum absolute atomic E-state index is 6.07. The molecule has 0 aliphatic carbocycles. The van der Waals surface area contributed by atoms with Gasteiger partial charge < -0.3 is 10.1 Å². The highest BCUT2D eigenvalue weighted by atomic mass is 35.5. The first-order valence-corrected chi connectivity index (χ1v) is 7.73. The van der Waals surface area contributed by atoms with E-state index in [2.05, 4.69) is 19.2 Å². The van der Waals surface area contributed by atoms with E-state index in [1.165, 1.54) is 0 Å². The smallest absolute Gasteiger partial charge is 0.133 e. The fraction of sp³-hybridized carbons (Fsp3) is 0.294. The minimum Gasteiger partial charge on any atom is -0.457 e. The van der Waals surface area contributed by atoms with Crippen LogP contribution in [-0.4, -0.2) is 6.54 Å². The van der Waals surface area contributed by atoms with Crippen molar-refractivity contribution in [3.63, 3.8) is 0 Å². The van der Waals surface area contributed by atoms with Gasteiger partial charge in [-0.05, 0) is 48.9 Å². The summed E-state index contributed by atoms with van der Waals surface area (Å²) < 4.78 is 5.92. The Morgan fingerprint density at radius 2 is 1.67 bits per heavy atom. The Hall–Kier alpha value is -1.22. The number of nitrogens with one attached hydrogen (secondary N) is 1. The van der Waals surface area contributed by atoms with Gasteiger partial charge in [-0.1, -0.05) is 43.1 Å². The molecule has 0 atom stereocenters. The van der Waals surface area contributed by atoms with Gasteiger partial charge in [-0.3, -0.25) is 0 Å². The van der Waals surface area contributed by atoms with Crippen molar-refractivity contribution in [3.8, 4) is 11.5 Å². The van der Waals surface area contributed by atoms with E-state index in [0.717, 1.165) is 30.2 Å². The molecule has 2 rings (SSSR count). The maximum atomic E-state index is 6.07. The van der Waals surface area contributed by atoms with Gasteiger partial charge in [0.15, 0.2) is 0 Å². The van der Waals surface area contributed by atoms with Gasteiger partial charge in [-0.2, -0.15) is 0 Å². The average Bonchev–Trinajstić information content (AvgIpc) is 2.43. The lowest BCUT2D eigenvalue weighted by Gasteiger charge is -2.13. The van der Waals surface area contributed by atoms with Crippen LogP contribution in [0.5, 0.6) is 11.5 Å². The van der Waals surface area contributed by atoms with E-state index in [4.69, 9.17) is 27.9 Å². The Bertz CT molecular complexity index is 582. The summed E-state index contributed by atoms with van der Waals surface area (Å²) in [6.45, 7) is 6.07. The lowest BCUT2D eigenvalue weighted by atomic mass is 10.1. The fourth-order valence-electron chi connectivity index (χ4n) is 1.89. The Morgan fingerprint density at radius 1 is 1.00 bits per heavy atom. The molecule has 0 saturated heterocycles. The Labute approximate surface area is 136 Å². The summed E-state index contributed by atoms with van der Waals surface area (Å²) in [6.07, 6.45) is 0. The molecule has 0 spiro atoms. The van der Waals surface area contributed by atoms with Crippen LogP contribution in [0, 0.1) is 5.92 Å². The van der Waals surface area contributed by atoms with Gasteiger partial charge in [0.1, 0.15) is 11.5 Å². The predicted octanol–water partition coefficient (Wildman–Crippen LogP) is 5.53. The normalized spacial score (nSPS) is 10.9. The first kappa shape index (κ1) is 16.2. The molecule has 2 nitrogen and oxygen atoms in total. The number of hydrogen-bond donors (Lipinski definition) is 1. The van der Waals surface area contributed by atoms with Gasteiger partial charge in [0, 0.05) is 22.2 Å². The first-order valence-electron chi connectivity index (χ1n) is 6.97. The highest BCUT2D eigenvalue weighted by Gasteiger charge is 2.07. The summed E-state index contributed by atoms with van der Waals surface area (Å²) in [5, 5.41) is 4.76. The molecule has 0 aliphatic rings. The van der Waals surface area contributed by atoms with Crippen LogP contribution in [0.4, 0.5) is 0 Å². The summed E-state index contributed by atoms with van der Waals surface area (Å²) in [7, 11) is 0. The quantitative estimate of drug-likeness (QED) is 0.754. The number of rotatable bonds is 6. The van der Waals surface area contributed by atoms with Crippen LogP contribution in [0.1, 0.15) is 19.4 Å². The van der Waals surface area contributed by atoms with Gasteiger partial charge >= 0.3 is 0 Å². The summed E-state index contributed by atoms with van der Waals surface area (Å²) in [5.74, 6) is 2.12. The van der Waals surface area contributed by atoms with Gasteiger partial charge in [-0.25, -0.2) is 0 Å². The van der Waals surface area contributed by atoms with E-state index in [9.17, 15) is 0 Å². The van der Waals surface area contributed by atoms with E-state index in [1.807, 2.05) is 30.3 Å². The van der Waals surface area contributed by atoms with Crippen LogP contribution < -0.4 is 10.1 Å². The lowest BCUT2D eigenvalue weighted by Crippen LogP contribution is -2.19. The lowest BCUT2D eigenvalue weighted by molar-refractivity contribution is 0.469. The third-order valence-corrected chi connectivity index (χ3v) is 3.43. The molecule has 112 valence electrons. The van der Waals surface area contributed by atoms with Crippen molar-refractivity contribution < 1.29 is 4.74 Å². The van der Waals surface area contributed by atoms with E-state index < -0.39 is 0 Å². The zero-order valence-corrected chi connectivity index (χ0v) is 13.7. The van der Waals surface area contributed by atoms with E-state index in [1.54, 1.807) is 12.1 Å². The second-order valence-corrected chi connectivity index (χ2v) is 6.21. The second-order valence-electron chi connectivity index (χ2n) is 5.33. The van der Waals surface area contributed by atoms with Gasteiger partial charge in [-0.15, -0.1) is 0 Å². The molecule has 0 aromatic heterocycles. The largest absolute Gasteiger partial charge is 0.457 e. The molecule has 0 amide bonds. The van der Waals surface area contributed by atoms with Gasteiger partial charge in [0.2, 0.25) is 0 Å². The molecule has 4 heteroatoms. The predicted molar refractivity (Wildman–Crippen MR) is 89.5 cm³/mol. The summed E-state index contributed by atoms with van der Waals surface area (Å²) in [4.78, 5) is 0. The zero-order chi connectivity index (χ0) is 15.2. The Balaban J connectivity index is 2.12. The zero-order valence-electron chi connectivity index (χ0n) is 12.2. The topological polar surface area (TPSA) is 21.3 Å². The summed E-state index contributed by atoms with van der Waals surface area (Å²) >= 11 is 12.0. The van der Waals surface area contributed by atoms with Crippen molar-refractivity contribution in [2.75, 3.05) is 6.54 Å². The first-order chi connectivity index (χ1) is 10.0. The Kier molecular flexibility index (Phi) is 5.92. The summed E-state index contributed by atoms with van der Waals surface area (Å²) in [6, 6.07) is 13.0. The number of hydrogen-bond acceptors (Lipinski definition) is 2. The van der Waals surface area contributed by atoms with Crippen LogP contribution in [0.25, 0.3) is 0 Å². The van der Waals surface area contributed by atoms with Crippen LogP contribution in [-0.2, 0) is 6.54 Å². The molecule has 2 aromatic carbocycles. The van der Waals surface area contributed by atoms with Crippen molar-refractivity contribution in [2.24, 2.45) is 5.92 Å². The molecule has 0 unspecified atom stereocenters. The monoisotopic (exact) mass is 323 g/mol. The number of ether oxygens (including phenoxy) is 1. The maximum Gasteiger partial charge on any atom is 0.133 e. The van der Waals surface area contributed by atoms with Crippen molar-refractivity contribution in [1.29, 1.82) is 0 Å². The van der Waals surface area contributed by atoms with Crippen molar-refractivity contribution in [3.05, 3.63) is 58.1 Å². The fourth-order valence-corrected chi connectivity index (χ4v) is 2.18. The molecule has 1 N–H and O–H groups in total. The number of benzene rings is 2. The van der Waals surface area contributed by atoms with Gasteiger partial charge in [0.25, 0.3) is 0 Å². The third-order valence-electron chi connectivity index (χ3n) is 2.94.